The minimum absolute atomic E-state index is 0.0140. The molecule has 4 aliphatic heterocycles. The maximum absolute atomic E-state index is 14.7. The van der Waals surface area contributed by atoms with E-state index >= 15 is 0 Å². The van der Waals surface area contributed by atoms with Gasteiger partial charge in [0.2, 0.25) is 16.7 Å². The molecule has 0 radical (unpaired) electrons. The second-order valence-electron chi connectivity index (χ2n) is 19.7. The van der Waals surface area contributed by atoms with Crippen molar-refractivity contribution in [2.24, 2.45) is 11.3 Å². The lowest BCUT2D eigenvalue weighted by Gasteiger charge is -2.33. The summed E-state index contributed by atoms with van der Waals surface area (Å²) >= 11 is 0. The molecule has 4 aromatic rings. The van der Waals surface area contributed by atoms with Crippen molar-refractivity contribution in [1.29, 1.82) is 0 Å². The summed E-state index contributed by atoms with van der Waals surface area (Å²) < 4.78 is 8.09. The Morgan fingerprint density at radius 3 is 2.61 bits per heavy atom. The minimum atomic E-state index is -1.17. The molecule has 0 unspecified atom stereocenters. The number of nitrogens with zero attached hydrogens (tertiary/aromatic N) is 7. The largest absolute Gasteiger partial charge is 0.508 e. The standard InChI is InChI=1S/C49H64N10O8/c1-9-56-41-15-14-32-24-37(41)38(45(56)36-12-10-17-50-43(36)30(4)66-8)25-49(5,6)28-67-59(65)42-13-11-18-57(53-42)48(63)39(22-31-20-33(32)23-35(60)21-31)52-46(61)44(29(2)3)54(7)58(64)34-16-19-55(27-34)47(62)40-26-51-40/h10,12,14-15,17,20-21,23-24,29-30,34,39-40,42,44,51,53H,9,11,13,16,18-19,22,25-28H2,1-8H3/p+2/t30-,34-,39-,40+,42+,44-/m0/s1. The first kappa shape index (κ1) is 47.5. The van der Waals surface area contributed by atoms with Gasteiger partial charge in [0.05, 0.1) is 46.9 Å². The number of fused-ring (bicyclic) bond motifs is 6. The maximum atomic E-state index is 14.7. The molecular weight excluding hydrogens is 857 g/mol. The van der Waals surface area contributed by atoms with E-state index in [1.54, 1.807) is 37.4 Å². The number of hydrogen-bond donors (Lipinski definition) is 4. The quantitative estimate of drug-likeness (QED) is 0.0911. The predicted octanol–water partition coefficient (Wildman–Crippen LogP) is 4.80. The number of phenols is 1. The molecule has 0 aliphatic carbocycles. The van der Waals surface area contributed by atoms with E-state index in [0.717, 1.165) is 43.9 Å². The van der Waals surface area contributed by atoms with Crippen LogP contribution in [0.25, 0.3) is 33.3 Å². The van der Waals surface area contributed by atoms with Crippen LogP contribution >= 0.6 is 0 Å². The second kappa shape index (κ2) is 19.3. The summed E-state index contributed by atoms with van der Waals surface area (Å²) in [6, 6.07) is 12.5. The van der Waals surface area contributed by atoms with Crippen molar-refractivity contribution in [2.75, 3.05) is 46.9 Å². The Bertz CT molecular complexity index is 2560. The fraction of sp³-hybridized carbons (Fsp3) is 0.551. The van der Waals surface area contributed by atoms with E-state index in [-0.39, 0.29) is 55.8 Å². The normalized spacial score (nSPS) is 22.8. The Kier molecular flexibility index (Phi) is 13.7. The van der Waals surface area contributed by atoms with Crippen LogP contribution in [-0.4, -0.2) is 134 Å². The molecule has 6 heterocycles. The Balaban J connectivity index is 1.18. The minimum Gasteiger partial charge on any atom is -0.508 e. The predicted molar refractivity (Wildman–Crippen MR) is 251 cm³/mol. The number of benzene rings is 2. The van der Waals surface area contributed by atoms with Gasteiger partial charge in [-0.25, -0.2) is 4.84 Å². The molecular formula is C49H66N10O8+2. The van der Waals surface area contributed by atoms with Crippen LogP contribution in [0.15, 0.2) is 54.7 Å². The number of ether oxygens (including phenoxy) is 1. The summed E-state index contributed by atoms with van der Waals surface area (Å²) in [4.78, 5) is 83.7. The zero-order valence-electron chi connectivity index (χ0n) is 40.0. The highest BCUT2D eigenvalue weighted by Gasteiger charge is 2.47. The monoisotopic (exact) mass is 923 g/mol. The van der Waals surface area contributed by atoms with Gasteiger partial charge in [-0.3, -0.25) is 24.4 Å². The van der Waals surface area contributed by atoms with Gasteiger partial charge in [0, 0.05) is 80.6 Å². The van der Waals surface area contributed by atoms with Crippen LogP contribution in [0, 0.1) is 21.1 Å². The molecule has 2 aromatic heterocycles. The smallest absolute Gasteiger partial charge is 0.326 e. The number of nitroso groups, excluding NO2 is 1. The Morgan fingerprint density at radius 2 is 1.90 bits per heavy atom. The Morgan fingerprint density at radius 1 is 1.12 bits per heavy atom. The molecule has 8 rings (SSSR count). The van der Waals surface area contributed by atoms with Crippen molar-refractivity contribution >= 4 is 28.6 Å². The highest BCUT2D eigenvalue weighted by atomic mass is 16.8. The first-order chi connectivity index (χ1) is 32.0. The molecule has 2 aromatic carbocycles. The van der Waals surface area contributed by atoms with Crippen LogP contribution in [0.3, 0.4) is 0 Å². The molecule has 67 heavy (non-hydrogen) atoms. The molecule has 3 fully saturated rings. The summed E-state index contributed by atoms with van der Waals surface area (Å²) in [5.74, 6) is -1.43. The zero-order valence-corrected chi connectivity index (χ0v) is 40.0. The van der Waals surface area contributed by atoms with Crippen molar-refractivity contribution in [3.8, 4) is 28.1 Å². The van der Waals surface area contributed by atoms with Crippen LogP contribution < -0.4 is 16.1 Å². The molecule has 3 saturated heterocycles. The van der Waals surface area contributed by atoms with Gasteiger partial charge in [-0.05, 0) is 91.3 Å². The number of rotatable bonds is 11. The van der Waals surface area contributed by atoms with E-state index < -0.39 is 41.5 Å². The van der Waals surface area contributed by atoms with Crippen molar-refractivity contribution in [3.05, 3.63) is 81.4 Å². The van der Waals surface area contributed by atoms with Crippen LogP contribution in [0.4, 0.5) is 0 Å². The average molecular weight is 923 g/mol. The average Bonchev–Trinajstić information content (AvgIpc) is 3.97. The summed E-state index contributed by atoms with van der Waals surface area (Å²) in [6.07, 6.45) is 2.44. The van der Waals surface area contributed by atoms with E-state index in [2.05, 4.69) is 59.6 Å². The molecule has 0 saturated carbocycles. The van der Waals surface area contributed by atoms with Crippen LogP contribution in [-0.2, 0) is 43.3 Å². The van der Waals surface area contributed by atoms with Crippen LogP contribution in [0.2, 0.25) is 0 Å². The second-order valence-corrected chi connectivity index (χ2v) is 19.7. The number of aromatic hydroxyl groups is 1. The van der Waals surface area contributed by atoms with Crippen molar-refractivity contribution < 1.29 is 38.9 Å². The zero-order chi connectivity index (χ0) is 47.9. The van der Waals surface area contributed by atoms with E-state index in [0.29, 0.717) is 61.4 Å². The van der Waals surface area contributed by atoms with Gasteiger partial charge in [-0.1, -0.05) is 39.8 Å². The molecule has 4 aliphatic rings. The molecule has 4 N–H and O–H groups in total. The number of aryl methyl sites for hydroxylation is 1. The number of aromatic nitrogens is 2. The number of carbonyl (C=O) groups excluding carboxylic acids is 3. The van der Waals surface area contributed by atoms with E-state index in [4.69, 9.17) is 14.6 Å². The van der Waals surface area contributed by atoms with Gasteiger partial charge in [-0.15, -0.1) is 5.01 Å². The molecule has 6 atom stereocenters. The van der Waals surface area contributed by atoms with Crippen molar-refractivity contribution in [3.63, 3.8) is 0 Å². The van der Waals surface area contributed by atoms with Gasteiger partial charge < -0.3 is 29.9 Å². The fourth-order valence-electron chi connectivity index (χ4n) is 10.1. The number of likely N-dealkylation sites (N-methyl/N-ethyl adjacent to an activating group) is 1. The highest BCUT2D eigenvalue weighted by molar-refractivity contribution is 5.95. The number of amides is 3. The number of likely N-dealkylation sites (tertiary alicyclic amines) is 1. The van der Waals surface area contributed by atoms with Crippen LogP contribution in [0.5, 0.6) is 5.75 Å². The fourth-order valence-corrected chi connectivity index (χ4v) is 10.1. The molecule has 358 valence electrons. The maximum Gasteiger partial charge on any atom is 0.326 e. The lowest BCUT2D eigenvalue weighted by atomic mass is 9.84. The highest BCUT2D eigenvalue weighted by Crippen LogP contribution is 2.42. The van der Waals surface area contributed by atoms with Crippen molar-refractivity contribution in [2.45, 2.75) is 117 Å². The third-order valence-corrected chi connectivity index (χ3v) is 13.7. The van der Waals surface area contributed by atoms with E-state index in [1.807, 2.05) is 39.0 Å². The van der Waals surface area contributed by atoms with Crippen molar-refractivity contribution in [1.82, 2.24) is 40.5 Å². The first-order valence-electron chi connectivity index (χ1n) is 23.6. The lowest BCUT2D eigenvalue weighted by molar-refractivity contribution is -0.835. The number of carbonyl (C=O) groups is 3. The summed E-state index contributed by atoms with van der Waals surface area (Å²) in [7, 11) is 3.23. The first-order valence-corrected chi connectivity index (χ1v) is 23.6. The molecule has 18 heteroatoms. The topological polar surface area (TPSA) is 204 Å². The molecule has 0 spiro atoms. The summed E-state index contributed by atoms with van der Waals surface area (Å²) in [5.41, 5.74) is 9.44. The van der Waals surface area contributed by atoms with Gasteiger partial charge in [-0.2, -0.15) is 5.43 Å². The Labute approximate surface area is 391 Å². The number of nitrogens with one attached hydrogen (secondary N) is 3. The SMILES string of the molecule is CCn1c(-c2cccnc2[C@H](C)OC)c2c3cc(ccc31)-c1cc(O)cc(c1)C[C@H](NC(=O)[C@H](C(C)C)N(C)[N+](=O)[C@H]1CCN(C(=O)[C@H]3CN3)C1)C(=O)N1CCC[C@H](N1)[N+](=O)OCC(C)(C)C2. The molecule has 3 amide bonds. The van der Waals surface area contributed by atoms with Gasteiger partial charge in [0.1, 0.15) is 16.7 Å². The third-order valence-electron chi connectivity index (χ3n) is 13.7. The number of phenolic OH excluding ortho intramolecular Hbond substituents is 1. The molecule has 18 nitrogen and oxygen atoms in total. The van der Waals surface area contributed by atoms with E-state index in [9.17, 15) is 29.3 Å². The third kappa shape index (κ3) is 9.88. The van der Waals surface area contributed by atoms with Crippen LogP contribution in [0.1, 0.15) is 83.7 Å². The summed E-state index contributed by atoms with van der Waals surface area (Å²) in [5, 5.41) is 21.1. The number of hydrazine groups is 2. The lowest BCUT2D eigenvalue weighted by Crippen LogP contribution is -2.62. The van der Waals surface area contributed by atoms with Gasteiger partial charge in [0.15, 0.2) is 12.6 Å². The summed E-state index contributed by atoms with van der Waals surface area (Å²) in [6.45, 7) is 14.2. The number of pyridine rings is 1. The van der Waals surface area contributed by atoms with Gasteiger partial charge in [0.25, 0.3) is 11.9 Å². The number of hydrogen-bond acceptors (Lipinski definition) is 11. The molecule has 6 bridgehead atoms. The Hall–Kier alpha value is -5.98. The number of methoxy groups -OCH3 is 1. The van der Waals surface area contributed by atoms with E-state index in [1.165, 1.54) is 10.0 Å². The van der Waals surface area contributed by atoms with Gasteiger partial charge >= 0.3 is 6.17 Å².